The molecule has 0 amide bonds. The van der Waals surface area contributed by atoms with Crippen molar-refractivity contribution in [3.05, 3.63) is 0 Å². The van der Waals surface area contributed by atoms with Crippen molar-refractivity contribution in [1.29, 1.82) is 0 Å². The van der Waals surface area contributed by atoms with Gasteiger partial charge in [0, 0.05) is 0 Å². The van der Waals surface area contributed by atoms with Crippen LogP contribution in [-0.4, -0.2) is 36.6 Å². The summed E-state index contributed by atoms with van der Waals surface area (Å²) in [7, 11) is 0. The molecular weight excluding hydrogens is 240 g/mol. The van der Waals surface area contributed by atoms with E-state index < -0.39 is 0 Å². The lowest BCUT2D eigenvalue weighted by Crippen LogP contribution is -2.34. The topological polar surface area (TPSA) is 27.7 Å². The standard InChI is InChI=1S/C16H32O3/c1-15(2,3)18-11-10-17-13-8-7-9-14(12-13)19-16(4,5)6/h13-14H,7-12H2,1-6H3/t13-,14?/m1/s1. The van der Waals surface area contributed by atoms with Crippen molar-refractivity contribution in [2.75, 3.05) is 13.2 Å². The normalized spacial score (nSPS) is 25.6. The van der Waals surface area contributed by atoms with Crippen LogP contribution in [0.4, 0.5) is 0 Å². The van der Waals surface area contributed by atoms with Gasteiger partial charge in [-0.25, -0.2) is 0 Å². The van der Waals surface area contributed by atoms with Gasteiger partial charge >= 0.3 is 0 Å². The Kier molecular flexibility index (Phi) is 6.28. The minimum Gasteiger partial charge on any atom is -0.376 e. The first-order valence-corrected chi connectivity index (χ1v) is 7.59. The van der Waals surface area contributed by atoms with Crippen LogP contribution in [0.3, 0.4) is 0 Å². The monoisotopic (exact) mass is 272 g/mol. The molecule has 0 N–H and O–H groups in total. The van der Waals surface area contributed by atoms with Crippen LogP contribution in [0.5, 0.6) is 0 Å². The molecule has 1 aliphatic carbocycles. The predicted molar refractivity (Wildman–Crippen MR) is 78.5 cm³/mol. The molecule has 0 aromatic heterocycles. The summed E-state index contributed by atoms with van der Waals surface area (Å²) in [6.45, 7) is 13.9. The Bertz CT molecular complexity index is 250. The maximum atomic E-state index is 6.06. The fraction of sp³-hybridized carbons (Fsp3) is 1.00. The summed E-state index contributed by atoms with van der Waals surface area (Å²) < 4.78 is 17.6. The highest BCUT2D eigenvalue weighted by molar-refractivity contribution is 4.76. The highest BCUT2D eigenvalue weighted by Gasteiger charge is 2.26. The maximum Gasteiger partial charge on any atom is 0.0707 e. The summed E-state index contributed by atoms with van der Waals surface area (Å²) in [6.07, 6.45) is 5.22. The molecule has 3 nitrogen and oxygen atoms in total. The number of hydrogen-bond acceptors (Lipinski definition) is 3. The largest absolute Gasteiger partial charge is 0.376 e. The van der Waals surface area contributed by atoms with E-state index >= 15 is 0 Å². The van der Waals surface area contributed by atoms with Gasteiger partial charge in [0.25, 0.3) is 0 Å². The molecule has 3 heteroatoms. The molecule has 0 aliphatic heterocycles. The molecule has 0 aromatic rings. The van der Waals surface area contributed by atoms with Crippen LogP contribution < -0.4 is 0 Å². The van der Waals surface area contributed by atoms with Gasteiger partial charge in [-0.1, -0.05) is 0 Å². The van der Waals surface area contributed by atoms with Gasteiger partial charge in [0.2, 0.25) is 0 Å². The second-order valence-corrected chi connectivity index (χ2v) is 7.47. The zero-order chi connectivity index (χ0) is 14.5. The molecule has 0 saturated heterocycles. The van der Waals surface area contributed by atoms with Gasteiger partial charge in [0.15, 0.2) is 0 Å². The third-order valence-corrected chi connectivity index (χ3v) is 3.07. The molecule has 0 aromatic carbocycles. The van der Waals surface area contributed by atoms with Crippen LogP contribution in [0.2, 0.25) is 0 Å². The van der Waals surface area contributed by atoms with Crippen molar-refractivity contribution >= 4 is 0 Å². The van der Waals surface area contributed by atoms with Crippen LogP contribution in [0.1, 0.15) is 67.2 Å². The van der Waals surface area contributed by atoms with Crippen molar-refractivity contribution in [3.8, 4) is 0 Å². The third-order valence-electron chi connectivity index (χ3n) is 3.07. The van der Waals surface area contributed by atoms with Gasteiger partial charge in [0.1, 0.15) is 0 Å². The lowest BCUT2D eigenvalue weighted by Gasteiger charge is -2.34. The molecule has 1 fully saturated rings. The highest BCUT2D eigenvalue weighted by Crippen LogP contribution is 2.26. The van der Waals surface area contributed by atoms with E-state index in [2.05, 4.69) is 41.5 Å². The van der Waals surface area contributed by atoms with E-state index in [0.717, 1.165) is 19.3 Å². The number of rotatable bonds is 5. The van der Waals surface area contributed by atoms with E-state index in [1.165, 1.54) is 6.42 Å². The molecular formula is C16H32O3. The first-order valence-electron chi connectivity index (χ1n) is 7.59. The van der Waals surface area contributed by atoms with Crippen LogP contribution in [-0.2, 0) is 14.2 Å². The zero-order valence-corrected chi connectivity index (χ0v) is 13.6. The summed E-state index contributed by atoms with van der Waals surface area (Å²) in [4.78, 5) is 0. The van der Waals surface area contributed by atoms with Gasteiger partial charge in [-0.15, -0.1) is 0 Å². The quantitative estimate of drug-likeness (QED) is 0.709. The van der Waals surface area contributed by atoms with E-state index in [1.54, 1.807) is 0 Å². The maximum absolute atomic E-state index is 6.06. The molecule has 1 aliphatic rings. The third kappa shape index (κ3) is 8.61. The van der Waals surface area contributed by atoms with Crippen molar-refractivity contribution in [1.82, 2.24) is 0 Å². The Morgan fingerprint density at radius 3 is 2.05 bits per heavy atom. The van der Waals surface area contributed by atoms with Gasteiger partial charge in [-0.2, -0.15) is 0 Å². The van der Waals surface area contributed by atoms with E-state index in [1.807, 2.05) is 0 Å². The Balaban J connectivity index is 2.20. The lowest BCUT2D eigenvalue weighted by atomic mass is 9.94. The van der Waals surface area contributed by atoms with Crippen molar-refractivity contribution in [3.63, 3.8) is 0 Å². The number of ether oxygens (including phenoxy) is 3. The van der Waals surface area contributed by atoms with E-state index in [-0.39, 0.29) is 11.2 Å². The molecule has 0 heterocycles. The van der Waals surface area contributed by atoms with E-state index in [0.29, 0.717) is 25.4 Å². The molecule has 0 spiro atoms. The minimum atomic E-state index is -0.0756. The van der Waals surface area contributed by atoms with Crippen molar-refractivity contribution < 1.29 is 14.2 Å². The molecule has 1 saturated carbocycles. The summed E-state index contributed by atoms with van der Waals surface area (Å²) in [6, 6.07) is 0. The summed E-state index contributed by atoms with van der Waals surface area (Å²) in [5.41, 5.74) is -0.129. The van der Waals surface area contributed by atoms with Gasteiger partial charge in [-0.3, -0.25) is 0 Å². The van der Waals surface area contributed by atoms with Crippen LogP contribution >= 0.6 is 0 Å². The average molecular weight is 272 g/mol. The van der Waals surface area contributed by atoms with Crippen molar-refractivity contribution in [2.45, 2.75) is 90.6 Å². The highest BCUT2D eigenvalue weighted by atomic mass is 16.5. The lowest BCUT2D eigenvalue weighted by molar-refractivity contribution is -0.112. The fourth-order valence-corrected chi connectivity index (χ4v) is 2.42. The first-order chi connectivity index (χ1) is 8.66. The number of hydrogen-bond donors (Lipinski definition) is 0. The van der Waals surface area contributed by atoms with Gasteiger partial charge in [0.05, 0.1) is 36.6 Å². The molecule has 114 valence electrons. The second-order valence-electron chi connectivity index (χ2n) is 7.47. The Morgan fingerprint density at radius 1 is 0.842 bits per heavy atom. The molecule has 2 atom stereocenters. The van der Waals surface area contributed by atoms with E-state index in [9.17, 15) is 0 Å². The summed E-state index contributed by atoms with van der Waals surface area (Å²) in [5, 5.41) is 0. The van der Waals surface area contributed by atoms with Gasteiger partial charge < -0.3 is 14.2 Å². The Labute approximate surface area is 119 Å². The average Bonchev–Trinajstić information content (AvgIpc) is 2.21. The van der Waals surface area contributed by atoms with Crippen LogP contribution in [0.25, 0.3) is 0 Å². The van der Waals surface area contributed by atoms with Crippen LogP contribution in [0, 0.1) is 0 Å². The Hall–Kier alpha value is -0.120. The molecule has 1 rings (SSSR count). The van der Waals surface area contributed by atoms with Crippen LogP contribution in [0.15, 0.2) is 0 Å². The van der Waals surface area contributed by atoms with E-state index in [4.69, 9.17) is 14.2 Å². The minimum absolute atomic E-state index is 0.0537. The van der Waals surface area contributed by atoms with Gasteiger partial charge in [-0.05, 0) is 67.2 Å². The Morgan fingerprint density at radius 2 is 1.47 bits per heavy atom. The molecule has 1 unspecified atom stereocenters. The zero-order valence-electron chi connectivity index (χ0n) is 13.6. The smallest absolute Gasteiger partial charge is 0.0707 e. The second kappa shape index (κ2) is 7.05. The SMILES string of the molecule is CC(C)(C)OCCO[C@@H]1CCCC(OC(C)(C)C)C1. The van der Waals surface area contributed by atoms with Crippen molar-refractivity contribution in [2.24, 2.45) is 0 Å². The molecule has 0 radical (unpaired) electrons. The summed E-state index contributed by atoms with van der Waals surface area (Å²) >= 11 is 0. The predicted octanol–water partition coefficient (Wildman–Crippen LogP) is 3.94. The first kappa shape index (κ1) is 16.9. The molecule has 19 heavy (non-hydrogen) atoms. The fourth-order valence-electron chi connectivity index (χ4n) is 2.42. The molecule has 0 bridgehead atoms. The summed E-state index contributed by atoms with van der Waals surface area (Å²) in [5.74, 6) is 0.